The number of non-ortho nitro benzene ring substituents is 2. The lowest BCUT2D eigenvalue weighted by Crippen LogP contribution is -2.36. The van der Waals surface area contributed by atoms with Gasteiger partial charge in [-0.05, 0) is 12.1 Å². The highest BCUT2D eigenvalue weighted by atomic mass is 16.6. The molecule has 1 aliphatic rings. The third-order valence-electron chi connectivity index (χ3n) is 4.56. The predicted octanol–water partition coefficient (Wildman–Crippen LogP) is 3.13. The Labute approximate surface area is 170 Å². The van der Waals surface area contributed by atoms with E-state index in [2.05, 4.69) is 0 Å². The molecule has 0 amide bonds. The Morgan fingerprint density at radius 2 is 1.73 bits per heavy atom. The molecular weight excluding hydrogens is 392 g/mol. The maximum Gasteiger partial charge on any atom is 0.270 e. The topological polar surface area (TPSA) is 140 Å². The van der Waals surface area contributed by atoms with E-state index in [4.69, 9.17) is 4.74 Å². The molecule has 2 aromatic carbocycles. The van der Waals surface area contributed by atoms with Gasteiger partial charge in [-0.25, -0.2) is 0 Å². The van der Waals surface area contributed by atoms with E-state index in [-0.39, 0.29) is 22.5 Å². The Balaban J connectivity index is 2.05. The van der Waals surface area contributed by atoms with Crippen LogP contribution in [0.4, 0.5) is 17.1 Å². The quantitative estimate of drug-likeness (QED) is 0.233. The number of carbonyl (C=O) groups is 1. The highest BCUT2D eigenvalue weighted by molar-refractivity contribution is 6.14. The van der Waals surface area contributed by atoms with Crippen molar-refractivity contribution in [2.24, 2.45) is 0 Å². The van der Waals surface area contributed by atoms with Crippen molar-refractivity contribution in [3.8, 4) is 6.07 Å². The fraction of sp³-hybridized carbons (Fsp3) is 0.200. The van der Waals surface area contributed by atoms with Crippen LogP contribution in [0.5, 0.6) is 0 Å². The average Bonchev–Trinajstić information content (AvgIpc) is 2.77. The minimum Gasteiger partial charge on any atom is -0.378 e. The summed E-state index contributed by atoms with van der Waals surface area (Å²) in [6.07, 6.45) is 1.28. The number of nitriles is 1. The summed E-state index contributed by atoms with van der Waals surface area (Å²) in [5.41, 5.74) is 0.201. The van der Waals surface area contributed by atoms with Crippen LogP contribution in [0.25, 0.3) is 6.08 Å². The third kappa shape index (κ3) is 4.48. The largest absolute Gasteiger partial charge is 0.378 e. The lowest BCUT2D eigenvalue weighted by molar-refractivity contribution is -0.385. The van der Waals surface area contributed by atoms with Crippen LogP contribution >= 0.6 is 0 Å². The molecule has 0 unspecified atom stereocenters. The zero-order valence-corrected chi connectivity index (χ0v) is 15.7. The van der Waals surface area contributed by atoms with Crippen LogP contribution in [0.1, 0.15) is 15.9 Å². The zero-order valence-electron chi connectivity index (χ0n) is 15.7. The molecule has 0 aliphatic carbocycles. The van der Waals surface area contributed by atoms with Crippen molar-refractivity contribution in [3.63, 3.8) is 0 Å². The summed E-state index contributed by atoms with van der Waals surface area (Å²) >= 11 is 0. The maximum atomic E-state index is 12.8. The molecule has 1 heterocycles. The maximum absolute atomic E-state index is 12.8. The molecule has 30 heavy (non-hydrogen) atoms. The number of allylic oxidation sites excluding steroid dienone is 1. The minimum atomic E-state index is -0.708. The summed E-state index contributed by atoms with van der Waals surface area (Å²) in [7, 11) is 0. The first kappa shape index (κ1) is 20.6. The number of rotatable bonds is 6. The van der Waals surface area contributed by atoms with E-state index in [0.717, 1.165) is 6.07 Å². The summed E-state index contributed by atoms with van der Waals surface area (Å²) < 4.78 is 5.33. The molecule has 1 fully saturated rings. The zero-order chi connectivity index (χ0) is 21.7. The fourth-order valence-corrected chi connectivity index (χ4v) is 3.08. The summed E-state index contributed by atoms with van der Waals surface area (Å²) in [4.78, 5) is 35.7. The van der Waals surface area contributed by atoms with Gasteiger partial charge in [0, 0.05) is 54.2 Å². The molecule has 0 spiro atoms. The highest BCUT2D eigenvalue weighted by Gasteiger charge is 2.20. The second-order valence-electron chi connectivity index (χ2n) is 6.41. The Hall–Kier alpha value is -4.10. The number of hydrogen-bond acceptors (Lipinski definition) is 8. The number of ketones is 1. The Bertz CT molecular complexity index is 1080. The van der Waals surface area contributed by atoms with E-state index in [9.17, 15) is 30.3 Å². The predicted molar refractivity (Wildman–Crippen MR) is 107 cm³/mol. The molecule has 1 saturated heterocycles. The van der Waals surface area contributed by atoms with Crippen molar-refractivity contribution in [3.05, 3.63) is 79.4 Å². The van der Waals surface area contributed by atoms with Gasteiger partial charge in [0.2, 0.25) is 5.78 Å². The van der Waals surface area contributed by atoms with Crippen LogP contribution in [-0.2, 0) is 4.74 Å². The van der Waals surface area contributed by atoms with Gasteiger partial charge >= 0.3 is 0 Å². The molecule has 0 atom stereocenters. The van der Waals surface area contributed by atoms with Crippen LogP contribution in [-0.4, -0.2) is 41.9 Å². The fourth-order valence-electron chi connectivity index (χ4n) is 3.08. The van der Waals surface area contributed by atoms with Crippen molar-refractivity contribution >= 4 is 28.9 Å². The van der Waals surface area contributed by atoms with E-state index < -0.39 is 15.6 Å². The molecule has 1 aliphatic heterocycles. The Morgan fingerprint density at radius 1 is 1.07 bits per heavy atom. The standard InChI is InChI=1S/C20H16N4O6/c21-13-16(20(25)14-2-1-3-17(11-14)23(26)27)10-15-12-18(24(28)29)4-5-19(15)22-6-8-30-9-7-22/h1-5,10-12H,6-9H2/b16-10+. The first-order valence-electron chi connectivity index (χ1n) is 8.93. The summed E-state index contributed by atoms with van der Waals surface area (Å²) in [5.74, 6) is -0.708. The molecule has 0 bridgehead atoms. The number of Topliss-reactive ketones (excluding diaryl/α,β-unsaturated/α-hetero) is 1. The van der Waals surface area contributed by atoms with E-state index in [1.54, 1.807) is 12.1 Å². The van der Waals surface area contributed by atoms with Gasteiger partial charge in [0.1, 0.15) is 11.6 Å². The van der Waals surface area contributed by atoms with Gasteiger partial charge in [-0.15, -0.1) is 0 Å². The number of ether oxygens (including phenoxy) is 1. The number of nitro groups is 2. The number of benzene rings is 2. The van der Waals surface area contributed by atoms with E-state index in [0.29, 0.717) is 37.6 Å². The minimum absolute atomic E-state index is 0.0182. The molecule has 10 nitrogen and oxygen atoms in total. The summed E-state index contributed by atoms with van der Waals surface area (Å²) in [5, 5.41) is 31.7. The number of carbonyl (C=O) groups excluding carboxylic acids is 1. The molecule has 3 rings (SSSR count). The van der Waals surface area contributed by atoms with Crippen molar-refractivity contribution in [2.45, 2.75) is 0 Å². The van der Waals surface area contributed by atoms with Gasteiger partial charge in [-0.1, -0.05) is 12.1 Å². The van der Waals surface area contributed by atoms with Gasteiger partial charge in [-0.2, -0.15) is 5.26 Å². The van der Waals surface area contributed by atoms with Gasteiger partial charge in [-0.3, -0.25) is 25.0 Å². The second-order valence-corrected chi connectivity index (χ2v) is 6.41. The number of hydrogen-bond donors (Lipinski definition) is 0. The van der Waals surface area contributed by atoms with Gasteiger partial charge in [0.15, 0.2) is 0 Å². The second kappa shape index (κ2) is 8.93. The average molecular weight is 408 g/mol. The SMILES string of the molecule is N#C/C(=C\c1cc([N+](=O)[O-])ccc1N1CCOCC1)C(=O)c1cccc([N+](=O)[O-])c1. The first-order valence-corrected chi connectivity index (χ1v) is 8.93. The van der Waals surface area contributed by atoms with E-state index in [1.807, 2.05) is 4.90 Å². The van der Waals surface area contributed by atoms with E-state index >= 15 is 0 Å². The number of nitrogens with zero attached hydrogens (tertiary/aromatic N) is 4. The van der Waals surface area contributed by atoms with Gasteiger partial charge < -0.3 is 9.64 Å². The van der Waals surface area contributed by atoms with Gasteiger partial charge in [0.25, 0.3) is 11.4 Å². The molecule has 0 N–H and O–H groups in total. The normalized spacial score (nSPS) is 14.1. The van der Waals surface area contributed by atoms with Crippen molar-refractivity contribution in [1.29, 1.82) is 5.26 Å². The summed E-state index contributed by atoms with van der Waals surface area (Å²) in [6.45, 7) is 2.08. The smallest absolute Gasteiger partial charge is 0.270 e. The number of nitro benzene ring substituents is 2. The van der Waals surface area contributed by atoms with Crippen LogP contribution < -0.4 is 4.90 Å². The highest BCUT2D eigenvalue weighted by Crippen LogP contribution is 2.29. The van der Waals surface area contributed by atoms with Crippen molar-refractivity contribution < 1.29 is 19.4 Å². The van der Waals surface area contributed by atoms with Gasteiger partial charge in [0.05, 0.1) is 23.1 Å². The molecule has 0 saturated carbocycles. The molecule has 152 valence electrons. The number of anilines is 1. The van der Waals surface area contributed by atoms with Crippen LogP contribution in [0, 0.1) is 31.6 Å². The van der Waals surface area contributed by atoms with Crippen LogP contribution in [0.2, 0.25) is 0 Å². The van der Waals surface area contributed by atoms with Crippen molar-refractivity contribution in [1.82, 2.24) is 0 Å². The molecule has 10 heteroatoms. The van der Waals surface area contributed by atoms with Crippen molar-refractivity contribution in [2.75, 3.05) is 31.2 Å². The van der Waals surface area contributed by atoms with E-state index in [1.165, 1.54) is 36.4 Å². The number of morpholine rings is 1. The molecule has 2 aromatic rings. The Morgan fingerprint density at radius 3 is 2.37 bits per heavy atom. The first-order chi connectivity index (χ1) is 14.4. The Kier molecular flexibility index (Phi) is 6.14. The van der Waals surface area contributed by atoms with Crippen LogP contribution in [0.3, 0.4) is 0 Å². The molecule has 0 radical (unpaired) electrons. The monoisotopic (exact) mass is 408 g/mol. The molecule has 0 aromatic heterocycles. The lowest BCUT2D eigenvalue weighted by atomic mass is 10.00. The lowest BCUT2D eigenvalue weighted by Gasteiger charge is -2.30. The summed E-state index contributed by atoms with van der Waals surface area (Å²) in [6, 6.07) is 11.1. The van der Waals surface area contributed by atoms with Crippen LogP contribution in [0.15, 0.2) is 48.0 Å². The molecular formula is C20H16N4O6. The third-order valence-corrected chi connectivity index (χ3v) is 4.56.